The molecule has 10 heteroatoms. The molecule has 4 aromatic rings. The van der Waals surface area contributed by atoms with E-state index in [0.717, 1.165) is 17.1 Å². The zero-order valence-corrected chi connectivity index (χ0v) is 21.9. The molecule has 1 saturated heterocycles. The third-order valence-corrected chi connectivity index (χ3v) is 6.93. The molecule has 0 bridgehead atoms. The van der Waals surface area contributed by atoms with Crippen molar-refractivity contribution < 1.29 is 18.7 Å². The Morgan fingerprint density at radius 3 is 2.54 bits per heavy atom. The van der Waals surface area contributed by atoms with E-state index >= 15 is 0 Å². The number of halogens is 1. The van der Waals surface area contributed by atoms with Gasteiger partial charge in [0, 0.05) is 36.7 Å². The summed E-state index contributed by atoms with van der Waals surface area (Å²) in [6, 6.07) is 22.2. The molecular weight excluding hydrogens is 517 g/mol. The van der Waals surface area contributed by atoms with Crippen molar-refractivity contribution in [1.29, 1.82) is 0 Å². The minimum atomic E-state index is -0.492. The summed E-state index contributed by atoms with van der Waals surface area (Å²) in [6.45, 7) is 0.298. The second-order valence-electron chi connectivity index (χ2n) is 8.94. The second-order valence-corrected chi connectivity index (χ2v) is 9.33. The van der Waals surface area contributed by atoms with Gasteiger partial charge in [0.2, 0.25) is 5.91 Å². The number of ether oxygens (including phenoxy) is 1. The smallest absolute Gasteiger partial charge is 0.337 e. The molecule has 2 N–H and O–H groups in total. The zero-order chi connectivity index (χ0) is 27.4. The number of esters is 1. The fourth-order valence-electron chi connectivity index (χ4n) is 4.71. The predicted molar refractivity (Wildman–Crippen MR) is 149 cm³/mol. The maximum absolute atomic E-state index is 14.0. The Bertz CT molecular complexity index is 1490. The number of pyridine rings is 1. The summed E-state index contributed by atoms with van der Waals surface area (Å²) in [5.74, 6) is -1.22. The number of anilines is 1. The Morgan fingerprint density at radius 1 is 1.05 bits per heavy atom. The molecule has 0 unspecified atom stereocenters. The number of aromatic nitrogens is 2. The summed E-state index contributed by atoms with van der Waals surface area (Å²) in [6.07, 6.45) is 3.75. The molecule has 8 nitrogen and oxygen atoms in total. The average Bonchev–Trinajstić information content (AvgIpc) is 3.57. The van der Waals surface area contributed by atoms with Gasteiger partial charge in [-0.15, -0.1) is 0 Å². The highest BCUT2D eigenvalue weighted by molar-refractivity contribution is 7.80. The van der Waals surface area contributed by atoms with Crippen molar-refractivity contribution in [2.24, 2.45) is 0 Å². The number of hydrogen-bond acceptors (Lipinski definition) is 5. The molecule has 198 valence electrons. The number of thiocarbonyl (C=S) groups is 1. The third kappa shape index (κ3) is 5.51. The van der Waals surface area contributed by atoms with Crippen LogP contribution in [0.5, 0.6) is 0 Å². The van der Waals surface area contributed by atoms with Crippen molar-refractivity contribution in [2.45, 2.75) is 18.5 Å². The van der Waals surface area contributed by atoms with Gasteiger partial charge in [0.1, 0.15) is 5.82 Å². The number of methoxy groups -OCH3 is 1. The maximum atomic E-state index is 14.0. The lowest BCUT2D eigenvalue weighted by Crippen LogP contribution is -2.33. The second kappa shape index (κ2) is 11.4. The maximum Gasteiger partial charge on any atom is 0.337 e. The fraction of sp³-hybridized carbons (Fsp3) is 0.172. The molecule has 1 aliphatic rings. The Morgan fingerprint density at radius 2 is 1.82 bits per heavy atom. The Hall–Kier alpha value is -4.57. The van der Waals surface area contributed by atoms with E-state index in [2.05, 4.69) is 15.6 Å². The molecular formula is C29H26FN5O3S. The Balaban J connectivity index is 1.44. The van der Waals surface area contributed by atoms with Crippen molar-refractivity contribution in [2.75, 3.05) is 19.0 Å². The molecule has 0 aliphatic carbocycles. The van der Waals surface area contributed by atoms with Crippen LogP contribution < -0.4 is 10.6 Å². The first kappa shape index (κ1) is 26.1. The first-order valence-electron chi connectivity index (χ1n) is 12.3. The SMILES string of the molecule is COC(=O)c1ccc(-n2cccc2[C@H]2[C@H](c3ccccn3)NC(=S)N2CCC(=O)Nc2ccccc2F)cc1. The van der Waals surface area contributed by atoms with E-state index in [-0.39, 0.29) is 30.1 Å². The third-order valence-electron chi connectivity index (χ3n) is 6.58. The van der Waals surface area contributed by atoms with Gasteiger partial charge in [-0.1, -0.05) is 18.2 Å². The van der Waals surface area contributed by atoms with Crippen LogP contribution in [0.15, 0.2) is 91.3 Å². The summed E-state index contributed by atoms with van der Waals surface area (Å²) < 4.78 is 20.9. The molecule has 1 aliphatic heterocycles. The molecule has 0 spiro atoms. The summed E-state index contributed by atoms with van der Waals surface area (Å²) >= 11 is 5.72. The van der Waals surface area contributed by atoms with Gasteiger partial charge < -0.3 is 24.8 Å². The van der Waals surface area contributed by atoms with Gasteiger partial charge in [-0.05, 0) is 72.9 Å². The predicted octanol–water partition coefficient (Wildman–Crippen LogP) is 4.80. The molecule has 0 radical (unpaired) electrons. The number of hydrogen-bond donors (Lipinski definition) is 2. The average molecular weight is 544 g/mol. The molecule has 2 atom stereocenters. The molecule has 2 aromatic carbocycles. The molecule has 5 rings (SSSR count). The lowest BCUT2D eigenvalue weighted by atomic mass is 10.0. The van der Waals surface area contributed by atoms with Gasteiger partial charge in [0.05, 0.1) is 36.1 Å². The Kier molecular flexibility index (Phi) is 7.64. The summed E-state index contributed by atoms with van der Waals surface area (Å²) in [7, 11) is 1.35. The van der Waals surface area contributed by atoms with Gasteiger partial charge in [0.25, 0.3) is 0 Å². The normalized spacial score (nSPS) is 16.6. The Labute approximate surface area is 230 Å². The van der Waals surface area contributed by atoms with Crippen molar-refractivity contribution in [3.05, 3.63) is 114 Å². The number of amides is 1. The van der Waals surface area contributed by atoms with E-state index in [1.54, 1.807) is 30.5 Å². The van der Waals surface area contributed by atoms with Gasteiger partial charge in [-0.3, -0.25) is 9.78 Å². The molecule has 39 heavy (non-hydrogen) atoms. The molecule has 1 fully saturated rings. The van der Waals surface area contributed by atoms with E-state index in [4.69, 9.17) is 17.0 Å². The van der Waals surface area contributed by atoms with Crippen molar-refractivity contribution >= 4 is 34.9 Å². The van der Waals surface area contributed by atoms with Crippen LogP contribution in [0.4, 0.5) is 10.1 Å². The largest absolute Gasteiger partial charge is 0.465 e. The number of rotatable bonds is 8. The number of benzene rings is 2. The van der Waals surface area contributed by atoms with Crippen LogP contribution in [-0.4, -0.2) is 45.1 Å². The highest BCUT2D eigenvalue weighted by Gasteiger charge is 2.41. The standard InChI is InChI=1S/C29H26FN5O3S/c1-38-28(37)19-11-13-20(14-12-19)34-17-6-10-24(34)27-26(23-9-4-5-16-31-23)33-29(39)35(27)18-15-25(36)32-22-8-3-2-7-21(22)30/h2-14,16-17,26-27H,15,18H2,1H3,(H,32,36)(H,33,39)/t26-,27-/m0/s1. The quantitative estimate of drug-likeness (QED) is 0.244. The van der Waals surface area contributed by atoms with Crippen LogP contribution in [0.2, 0.25) is 0 Å². The van der Waals surface area contributed by atoms with Gasteiger partial charge in [-0.25, -0.2) is 9.18 Å². The topological polar surface area (TPSA) is 88.5 Å². The van der Waals surface area contributed by atoms with Crippen molar-refractivity contribution in [3.63, 3.8) is 0 Å². The molecule has 2 aromatic heterocycles. The number of nitrogens with one attached hydrogen (secondary N) is 2. The van der Waals surface area contributed by atoms with Gasteiger partial charge in [-0.2, -0.15) is 0 Å². The highest BCUT2D eigenvalue weighted by Crippen LogP contribution is 2.39. The first-order valence-corrected chi connectivity index (χ1v) is 12.8. The van der Waals surface area contributed by atoms with E-state index in [0.29, 0.717) is 17.2 Å². The number of nitrogens with zero attached hydrogens (tertiary/aromatic N) is 3. The fourth-order valence-corrected chi connectivity index (χ4v) is 5.04. The van der Waals surface area contributed by atoms with Gasteiger partial charge >= 0.3 is 5.97 Å². The molecule has 3 heterocycles. The minimum Gasteiger partial charge on any atom is -0.465 e. The van der Waals surface area contributed by atoms with Crippen LogP contribution in [0.1, 0.15) is 40.3 Å². The van der Waals surface area contributed by atoms with Crippen LogP contribution in [0.25, 0.3) is 5.69 Å². The first-order chi connectivity index (χ1) is 19.0. The zero-order valence-electron chi connectivity index (χ0n) is 21.1. The summed E-state index contributed by atoms with van der Waals surface area (Å²) in [4.78, 5) is 31.2. The highest BCUT2D eigenvalue weighted by atomic mass is 32.1. The van der Waals surface area contributed by atoms with Crippen LogP contribution >= 0.6 is 12.2 Å². The van der Waals surface area contributed by atoms with E-state index in [1.807, 2.05) is 58.1 Å². The van der Waals surface area contributed by atoms with Crippen LogP contribution in [-0.2, 0) is 9.53 Å². The lowest BCUT2D eigenvalue weighted by Gasteiger charge is -2.29. The van der Waals surface area contributed by atoms with Crippen molar-refractivity contribution in [3.8, 4) is 5.69 Å². The lowest BCUT2D eigenvalue weighted by molar-refractivity contribution is -0.116. The van der Waals surface area contributed by atoms with Crippen molar-refractivity contribution in [1.82, 2.24) is 19.8 Å². The molecule has 0 saturated carbocycles. The van der Waals surface area contributed by atoms with Gasteiger partial charge in [0.15, 0.2) is 5.11 Å². The monoisotopic (exact) mass is 543 g/mol. The van der Waals surface area contributed by atoms with E-state index in [1.165, 1.54) is 19.2 Å². The summed E-state index contributed by atoms with van der Waals surface area (Å²) in [5.41, 5.74) is 3.15. The van der Waals surface area contributed by atoms with Crippen LogP contribution in [0.3, 0.4) is 0 Å². The summed E-state index contributed by atoms with van der Waals surface area (Å²) in [5, 5.41) is 6.51. The van der Waals surface area contributed by atoms with Crippen LogP contribution in [0, 0.1) is 5.82 Å². The minimum absolute atomic E-state index is 0.0934. The number of carbonyl (C=O) groups is 2. The van der Waals surface area contributed by atoms with E-state index < -0.39 is 11.8 Å². The molecule has 1 amide bonds. The number of para-hydroxylation sites is 1. The number of carbonyl (C=O) groups excluding carboxylic acids is 2. The van der Waals surface area contributed by atoms with E-state index in [9.17, 15) is 14.0 Å².